The zero-order valence-corrected chi connectivity index (χ0v) is 4.51. The van der Waals surface area contributed by atoms with Gasteiger partial charge in [0.1, 0.15) is 0 Å². The minimum atomic E-state index is 0.509. The molecule has 0 radical (unpaired) electrons. The molecule has 0 aromatic heterocycles. The Labute approximate surface area is 41.8 Å². The van der Waals surface area contributed by atoms with E-state index in [0.29, 0.717) is 6.17 Å². The lowest BCUT2D eigenvalue weighted by atomic mass is 10.6. The zero-order valence-electron chi connectivity index (χ0n) is 3.69. The molecule has 1 fully saturated rings. The van der Waals surface area contributed by atoms with Gasteiger partial charge in [-0.15, -0.1) is 0 Å². The molecule has 1 rings (SSSR count). The highest BCUT2D eigenvalue weighted by molar-refractivity contribution is 7.97. The molecule has 1 heterocycles. The monoisotopic (exact) mass is 104 g/mol. The highest BCUT2D eigenvalue weighted by atomic mass is 32.2. The third-order valence-electron chi connectivity index (χ3n) is 0.722. The number of hydrogen-bond acceptors (Lipinski definition) is 3. The van der Waals surface area contributed by atoms with Crippen LogP contribution in [-0.2, 0) is 0 Å². The van der Waals surface area contributed by atoms with Crippen molar-refractivity contribution in [2.45, 2.75) is 13.1 Å². The van der Waals surface area contributed by atoms with Crippen LogP contribution in [-0.4, -0.2) is 12.0 Å². The molecule has 1 atom stereocenters. The Hall–Kier alpha value is 0.270. The Morgan fingerprint density at radius 3 is 2.83 bits per heavy atom. The molecule has 1 aliphatic heterocycles. The van der Waals surface area contributed by atoms with Gasteiger partial charge < -0.3 is 0 Å². The molecule has 6 heavy (non-hydrogen) atoms. The van der Waals surface area contributed by atoms with Gasteiger partial charge in [-0.05, 0) is 6.92 Å². The van der Waals surface area contributed by atoms with E-state index in [4.69, 9.17) is 0 Å². The topological polar surface area (TPSA) is 24.1 Å². The Kier molecular flexibility index (Phi) is 1.34. The average Bonchev–Trinajstić information content (AvgIpc) is 1.86. The summed E-state index contributed by atoms with van der Waals surface area (Å²) >= 11 is 1.72. The molecule has 2 nitrogen and oxygen atoms in total. The van der Waals surface area contributed by atoms with E-state index in [1.54, 1.807) is 11.9 Å². The van der Waals surface area contributed by atoms with Crippen LogP contribution in [0.3, 0.4) is 0 Å². The van der Waals surface area contributed by atoms with Gasteiger partial charge >= 0.3 is 0 Å². The van der Waals surface area contributed by atoms with Gasteiger partial charge in [0.05, 0.1) is 12.0 Å². The first-order valence-corrected chi connectivity index (χ1v) is 2.99. The molecule has 3 heteroatoms. The van der Waals surface area contributed by atoms with E-state index in [0.717, 1.165) is 5.88 Å². The van der Waals surface area contributed by atoms with Crippen molar-refractivity contribution in [3.05, 3.63) is 0 Å². The molecule has 1 unspecified atom stereocenters. The van der Waals surface area contributed by atoms with Crippen LogP contribution in [0, 0.1) is 0 Å². The summed E-state index contributed by atoms with van der Waals surface area (Å²) < 4.78 is 3.12. The molecule has 36 valence electrons. The maximum absolute atomic E-state index is 3.17. The van der Waals surface area contributed by atoms with Gasteiger partial charge in [-0.25, -0.2) is 4.72 Å². The molecular weight excluding hydrogens is 96.1 g/mol. The molecule has 0 aliphatic carbocycles. The van der Waals surface area contributed by atoms with Gasteiger partial charge in [0.2, 0.25) is 0 Å². The van der Waals surface area contributed by atoms with Gasteiger partial charge in [0.15, 0.2) is 0 Å². The molecular formula is C3H8N2S. The predicted molar refractivity (Wildman–Crippen MR) is 28.2 cm³/mol. The van der Waals surface area contributed by atoms with Crippen LogP contribution in [0.4, 0.5) is 0 Å². The lowest BCUT2D eigenvalue weighted by Gasteiger charge is -1.95. The summed E-state index contributed by atoms with van der Waals surface area (Å²) in [4.78, 5) is 0. The second kappa shape index (κ2) is 1.82. The van der Waals surface area contributed by atoms with E-state index in [1.165, 1.54) is 0 Å². The van der Waals surface area contributed by atoms with Crippen molar-refractivity contribution >= 4 is 11.9 Å². The van der Waals surface area contributed by atoms with Crippen LogP contribution >= 0.6 is 11.9 Å². The third-order valence-corrected chi connectivity index (χ3v) is 1.55. The van der Waals surface area contributed by atoms with Crippen LogP contribution in [0.2, 0.25) is 0 Å². The van der Waals surface area contributed by atoms with E-state index in [9.17, 15) is 0 Å². The van der Waals surface area contributed by atoms with Gasteiger partial charge in [0.25, 0.3) is 0 Å². The number of rotatable bonds is 0. The van der Waals surface area contributed by atoms with Gasteiger partial charge in [-0.3, -0.25) is 5.32 Å². The third kappa shape index (κ3) is 0.864. The van der Waals surface area contributed by atoms with E-state index in [2.05, 4.69) is 17.0 Å². The fraction of sp³-hybridized carbons (Fsp3) is 1.00. The molecule has 1 aliphatic rings. The van der Waals surface area contributed by atoms with Crippen molar-refractivity contribution in [1.82, 2.24) is 10.0 Å². The summed E-state index contributed by atoms with van der Waals surface area (Å²) in [6.07, 6.45) is 0.509. The molecule has 0 amide bonds. The molecule has 0 aromatic carbocycles. The lowest BCUT2D eigenvalue weighted by molar-refractivity contribution is 0.623. The summed E-state index contributed by atoms with van der Waals surface area (Å²) in [7, 11) is 0. The summed E-state index contributed by atoms with van der Waals surface area (Å²) in [5.41, 5.74) is 0. The van der Waals surface area contributed by atoms with Crippen LogP contribution < -0.4 is 10.0 Å². The maximum Gasteiger partial charge on any atom is 0.0645 e. The second-order valence-electron chi connectivity index (χ2n) is 1.33. The highest BCUT2D eigenvalue weighted by Gasteiger charge is 2.04. The summed E-state index contributed by atoms with van der Waals surface area (Å²) in [5.74, 6) is 1.04. The minimum absolute atomic E-state index is 0.509. The Morgan fingerprint density at radius 1 is 1.83 bits per heavy atom. The minimum Gasteiger partial charge on any atom is -0.291 e. The van der Waals surface area contributed by atoms with Crippen molar-refractivity contribution in [1.29, 1.82) is 0 Å². The lowest BCUT2D eigenvalue weighted by Crippen LogP contribution is -2.25. The first-order valence-electron chi connectivity index (χ1n) is 2.00. The van der Waals surface area contributed by atoms with E-state index in [1.807, 2.05) is 0 Å². The zero-order chi connectivity index (χ0) is 4.41. The molecule has 0 aromatic rings. The van der Waals surface area contributed by atoms with Crippen LogP contribution in [0.1, 0.15) is 6.92 Å². The average molecular weight is 104 g/mol. The van der Waals surface area contributed by atoms with Crippen molar-refractivity contribution in [3.8, 4) is 0 Å². The maximum atomic E-state index is 3.17. The molecule has 0 saturated carbocycles. The molecule has 1 saturated heterocycles. The van der Waals surface area contributed by atoms with Crippen LogP contribution in [0.5, 0.6) is 0 Å². The van der Waals surface area contributed by atoms with E-state index < -0.39 is 0 Å². The standard InChI is InChI=1S/C3H8N2S/c1-3-4-2-6-5-3/h3-5H,2H2,1H3. The van der Waals surface area contributed by atoms with Crippen molar-refractivity contribution < 1.29 is 0 Å². The number of nitrogens with one attached hydrogen (secondary N) is 2. The normalized spacial score (nSPS) is 34.5. The van der Waals surface area contributed by atoms with Crippen molar-refractivity contribution in [3.63, 3.8) is 0 Å². The quantitative estimate of drug-likeness (QED) is 0.427. The van der Waals surface area contributed by atoms with Gasteiger partial charge in [0, 0.05) is 0 Å². The van der Waals surface area contributed by atoms with Crippen molar-refractivity contribution in [2.24, 2.45) is 0 Å². The molecule has 0 spiro atoms. The second-order valence-corrected chi connectivity index (χ2v) is 2.15. The Bertz CT molecular complexity index is 42.1. The molecule has 0 bridgehead atoms. The van der Waals surface area contributed by atoms with E-state index in [-0.39, 0.29) is 0 Å². The predicted octanol–water partition coefficient (Wildman–Crippen LogP) is 0.131. The molecule has 2 N–H and O–H groups in total. The SMILES string of the molecule is CC1NCSN1. The van der Waals surface area contributed by atoms with Crippen LogP contribution in [0.25, 0.3) is 0 Å². The summed E-state index contributed by atoms with van der Waals surface area (Å²) in [6.45, 7) is 2.10. The first-order chi connectivity index (χ1) is 2.89. The highest BCUT2D eigenvalue weighted by Crippen LogP contribution is 1.98. The Morgan fingerprint density at radius 2 is 2.67 bits per heavy atom. The van der Waals surface area contributed by atoms with Crippen molar-refractivity contribution in [2.75, 3.05) is 5.88 Å². The van der Waals surface area contributed by atoms with Gasteiger partial charge in [-0.2, -0.15) is 0 Å². The fourth-order valence-electron chi connectivity index (χ4n) is 0.375. The first kappa shape index (κ1) is 4.43. The summed E-state index contributed by atoms with van der Waals surface area (Å²) in [5, 5.41) is 3.17. The van der Waals surface area contributed by atoms with Gasteiger partial charge in [-0.1, -0.05) is 11.9 Å². The Balaban J connectivity index is 2.18. The summed E-state index contributed by atoms with van der Waals surface area (Å²) in [6, 6.07) is 0. The number of hydrogen-bond donors (Lipinski definition) is 2. The fourth-order valence-corrected chi connectivity index (χ4v) is 1.12. The van der Waals surface area contributed by atoms with Crippen LogP contribution in [0.15, 0.2) is 0 Å². The van der Waals surface area contributed by atoms with E-state index >= 15 is 0 Å². The largest absolute Gasteiger partial charge is 0.291 e. The smallest absolute Gasteiger partial charge is 0.0645 e.